The molecule has 0 bridgehead atoms. The van der Waals surface area contributed by atoms with E-state index in [2.05, 4.69) is 23.6 Å². The van der Waals surface area contributed by atoms with Gasteiger partial charge in [0.25, 0.3) is 0 Å². The predicted molar refractivity (Wildman–Crippen MR) is 106 cm³/mol. The molecule has 0 spiro atoms. The zero-order valence-corrected chi connectivity index (χ0v) is 17.3. The lowest BCUT2D eigenvalue weighted by Crippen LogP contribution is -2.54. The van der Waals surface area contributed by atoms with Crippen molar-refractivity contribution in [2.45, 2.75) is 50.1 Å². The highest BCUT2D eigenvalue weighted by Crippen LogP contribution is 2.23. The Bertz CT molecular complexity index is 685. The maximum atomic E-state index is 12.8. The van der Waals surface area contributed by atoms with E-state index in [1.807, 2.05) is 0 Å². The molecule has 0 saturated carbocycles. The van der Waals surface area contributed by atoms with E-state index in [0.717, 1.165) is 19.6 Å². The van der Waals surface area contributed by atoms with Crippen LogP contribution < -0.4 is 0 Å². The van der Waals surface area contributed by atoms with Gasteiger partial charge < -0.3 is 0 Å². The van der Waals surface area contributed by atoms with Crippen molar-refractivity contribution in [1.82, 2.24) is 14.1 Å². The molecule has 2 heterocycles. The third-order valence-electron chi connectivity index (χ3n) is 5.59. The van der Waals surface area contributed by atoms with Crippen LogP contribution >= 0.6 is 11.6 Å². The molecular weight excluding hydrogens is 370 g/mol. The molecule has 0 aromatic heterocycles. The van der Waals surface area contributed by atoms with Gasteiger partial charge in [-0.2, -0.15) is 4.31 Å². The number of hydrogen-bond donors (Lipinski definition) is 0. The summed E-state index contributed by atoms with van der Waals surface area (Å²) in [4.78, 5) is 5.37. The van der Waals surface area contributed by atoms with Crippen molar-refractivity contribution in [2.24, 2.45) is 0 Å². The Morgan fingerprint density at radius 1 is 1.04 bits per heavy atom. The Kier molecular flexibility index (Phi) is 6.62. The highest BCUT2D eigenvalue weighted by Gasteiger charge is 2.31. The molecule has 146 valence electrons. The van der Waals surface area contributed by atoms with Gasteiger partial charge >= 0.3 is 0 Å². The number of sulfonamides is 1. The summed E-state index contributed by atoms with van der Waals surface area (Å²) in [6, 6.07) is 7.62. The molecule has 1 aromatic rings. The zero-order valence-electron chi connectivity index (χ0n) is 15.8. The molecule has 2 fully saturated rings. The van der Waals surface area contributed by atoms with Gasteiger partial charge in [-0.25, -0.2) is 8.42 Å². The summed E-state index contributed by atoms with van der Waals surface area (Å²) < 4.78 is 27.2. The summed E-state index contributed by atoms with van der Waals surface area (Å²) >= 11 is 5.87. The lowest BCUT2D eigenvalue weighted by molar-refractivity contribution is 0.0669. The van der Waals surface area contributed by atoms with Crippen LogP contribution in [0.25, 0.3) is 0 Å². The molecule has 1 unspecified atom stereocenters. The Labute approximate surface area is 163 Å². The van der Waals surface area contributed by atoms with Crippen molar-refractivity contribution in [2.75, 3.05) is 39.3 Å². The molecular formula is C19H30ClN3O2S. The fourth-order valence-electron chi connectivity index (χ4n) is 4.10. The van der Waals surface area contributed by atoms with Crippen molar-refractivity contribution >= 4 is 21.6 Å². The van der Waals surface area contributed by atoms with E-state index in [4.69, 9.17) is 11.6 Å². The Hall–Kier alpha value is -0.660. The highest BCUT2D eigenvalue weighted by molar-refractivity contribution is 7.89. The third kappa shape index (κ3) is 4.60. The third-order valence-corrected chi connectivity index (χ3v) is 7.75. The minimum Gasteiger partial charge on any atom is -0.299 e. The molecule has 0 N–H and O–H groups in total. The Balaban J connectivity index is 1.57. The van der Waals surface area contributed by atoms with Gasteiger partial charge in [0, 0.05) is 49.8 Å². The number of benzene rings is 1. The topological polar surface area (TPSA) is 43.9 Å². The first-order chi connectivity index (χ1) is 12.4. The summed E-state index contributed by atoms with van der Waals surface area (Å²) in [6.07, 6.45) is 3.85. The van der Waals surface area contributed by atoms with Crippen LogP contribution in [0.5, 0.6) is 0 Å². The lowest BCUT2D eigenvalue weighted by Gasteiger charge is -2.43. The van der Waals surface area contributed by atoms with Crippen LogP contribution in [0.15, 0.2) is 29.2 Å². The monoisotopic (exact) mass is 399 g/mol. The van der Waals surface area contributed by atoms with Crippen LogP contribution in [0.3, 0.4) is 0 Å². The van der Waals surface area contributed by atoms with Gasteiger partial charge in [-0.1, -0.05) is 18.0 Å². The number of piperidine rings is 1. The van der Waals surface area contributed by atoms with Gasteiger partial charge in [0.1, 0.15) is 0 Å². The number of nitrogens with zero attached hydrogens (tertiary/aromatic N) is 3. The van der Waals surface area contributed by atoms with Gasteiger partial charge in [0.15, 0.2) is 0 Å². The van der Waals surface area contributed by atoms with Gasteiger partial charge in [-0.05, 0) is 57.5 Å². The van der Waals surface area contributed by atoms with Gasteiger partial charge in [0.05, 0.1) is 4.90 Å². The molecule has 2 aliphatic heterocycles. The van der Waals surface area contributed by atoms with E-state index in [1.165, 1.54) is 25.8 Å². The largest absolute Gasteiger partial charge is 0.299 e. The smallest absolute Gasteiger partial charge is 0.243 e. The molecule has 7 heteroatoms. The van der Waals surface area contributed by atoms with Crippen LogP contribution in [-0.4, -0.2) is 73.9 Å². The fraction of sp³-hybridized carbons (Fsp3) is 0.684. The normalized spacial score (nSPS) is 24.2. The van der Waals surface area contributed by atoms with Crippen LogP contribution in [0, 0.1) is 0 Å². The van der Waals surface area contributed by atoms with Crippen LogP contribution in [0.1, 0.15) is 33.1 Å². The lowest BCUT2D eigenvalue weighted by atomic mass is 9.99. The highest BCUT2D eigenvalue weighted by atomic mass is 35.5. The van der Waals surface area contributed by atoms with Crippen molar-refractivity contribution in [3.05, 3.63) is 29.3 Å². The number of hydrogen-bond acceptors (Lipinski definition) is 4. The summed E-state index contributed by atoms with van der Waals surface area (Å²) in [5.41, 5.74) is 0. The summed E-state index contributed by atoms with van der Waals surface area (Å²) in [7, 11) is -3.42. The zero-order chi connectivity index (χ0) is 18.7. The fourth-order valence-corrected chi connectivity index (χ4v) is 5.65. The molecule has 1 atom stereocenters. The van der Waals surface area contributed by atoms with E-state index < -0.39 is 10.0 Å². The molecule has 2 aliphatic rings. The molecule has 1 aromatic carbocycles. The molecule has 5 nitrogen and oxygen atoms in total. The minimum absolute atomic E-state index is 0.327. The maximum absolute atomic E-state index is 12.8. The SMILES string of the molecule is CC(C)N1CCCCC1CN1CCN(S(=O)(=O)c2ccc(Cl)cc2)CC1. The van der Waals surface area contributed by atoms with Crippen molar-refractivity contribution in [1.29, 1.82) is 0 Å². The first-order valence-corrected chi connectivity index (χ1v) is 11.4. The molecule has 3 rings (SSSR count). The number of rotatable bonds is 5. The second-order valence-corrected chi connectivity index (χ2v) is 10.0. The average molecular weight is 400 g/mol. The summed E-state index contributed by atoms with van der Waals surface area (Å²) in [5.74, 6) is 0. The summed E-state index contributed by atoms with van der Waals surface area (Å²) in [5, 5.41) is 0.552. The first-order valence-electron chi connectivity index (χ1n) is 9.62. The van der Waals surface area contributed by atoms with E-state index in [1.54, 1.807) is 28.6 Å². The molecule has 0 aliphatic carbocycles. The van der Waals surface area contributed by atoms with Crippen LogP contribution in [0.4, 0.5) is 0 Å². The quantitative estimate of drug-likeness (QED) is 0.763. The second kappa shape index (κ2) is 8.57. The minimum atomic E-state index is -3.42. The molecule has 2 saturated heterocycles. The van der Waals surface area contributed by atoms with E-state index in [9.17, 15) is 8.42 Å². The van der Waals surface area contributed by atoms with Crippen LogP contribution in [0.2, 0.25) is 5.02 Å². The molecule has 0 radical (unpaired) electrons. The van der Waals surface area contributed by atoms with E-state index in [-0.39, 0.29) is 0 Å². The van der Waals surface area contributed by atoms with E-state index in [0.29, 0.717) is 35.1 Å². The number of piperazine rings is 1. The van der Waals surface area contributed by atoms with Crippen LogP contribution in [-0.2, 0) is 10.0 Å². The summed E-state index contributed by atoms with van der Waals surface area (Å²) in [6.45, 7) is 9.49. The van der Waals surface area contributed by atoms with Crippen molar-refractivity contribution in [3.8, 4) is 0 Å². The first kappa shape index (κ1) is 20.1. The second-order valence-electron chi connectivity index (χ2n) is 7.64. The van der Waals surface area contributed by atoms with Gasteiger partial charge in [0.2, 0.25) is 10.0 Å². The predicted octanol–water partition coefficient (Wildman–Crippen LogP) is 2.91. The van der Waals surface area contributed by atoms with Gasteiger partial charge in [-0.3, -0.25) is 9.80 Å². The molecule has 0 amide bonds. The Morgan fingerprint density at radius 2 is 1.69 bits per heavy atom. The van der Waals surface area contributed by atoms with Crippen molar-refractivity contribution in [3.63, 3.8) is 0 Å². The Morgan fingerprint density at radius 3 is 2.31 bits per heavy atom. The van der Waals surface area contributed by atoms with Gasteiger partial charge in [-0.15, -0.1) is 0 Å². The maximum Gasteiger partial charge on any atom is 0.243 e. The molecule has 26 heavy (non-hydrogen) atoms. The van der Waals surface area contributed by atoms with E-state index >= 15 is 0 Å². The van der Waals surface area contributed by atoms with Crippen molar-refractivity contribution < 1.29 is 8.42 Å². The number of likely N-dealkylation sites (tertiary alicyclic amines) is 1. The number of halogens is 1. The average Bonchev–Trinajstić information content (AvgIpc) is 2.63. The standard InChI is InChI=1S/C19H30ClN3O2S/c1-16(2)23-10-4-3-5-18(23)15-21-11-13-22(14-12-21)26(24,25)19-8-6-17(20)7-9-19/h6-9,16,18H,3-5,10-15H2,1-2H3.